The lowest BCUT2D eigenvalue weighted by Crippen LogP contribution is -2.01. The quantitative estimate of drug-likeness (QED) is 0.807. The summed E-state index contributed by atoms with van der Waals surface area (Å²) in [4.78, 5) is 0. The highest BCUT2D eigenvalue weighted by Gasteiger charge is 2.11. The van der Waals surface area contributed by atoms with Gasteiger partial charge in [0.15, 0.2) is 5.82 Å². The van der Waals surface area contributed by atoms with Gasteiger partial charge in [-0.1, -0.05) is 41.9 Å². The van der Waals surface area contributed by atoms with Crippen LogP contribution in [0.1, 0.15) is 11.1 Å². The molecule has 0 amide bonds. The second kappa shape index (κ2) is 5.63. The first-order valence-electron chi connectivity index (χ1n) is 6.53. The predicted octanol–water partition coefficient (Wildman–Crippen LogP) is 2.75. The number of tetrazole rings is 1. The van der Waals surface area contributed by atoms with Crippen LogP contribution in [-0.2, 0) is 6.54 Å². The topological polar surface area (TPSA) is 69.6 Å². The van der Waals surface area contributed by atoms with E-state index in [1.54, 1.807) is 4.68 Å². The molecule has 0 radical (unpaired) electrons. The molecule has 0 bridgehead atoms. The van der Waals surface area contributed by atoms with Crippen LogP contribution in [-0.4, -0.2) is 20.2 Å². The van der Waals surface area contributed by atoms with E-state index in [-0.39, 0.29) is 0 Å². The molecular weight excluding hydrogens is 286 g/mol. The van der Waals surface area contributed by atoms with Crippen LogP contribution in [0.4, 0.5) is 0 Å². The molecule has 0 aliphatic heterocycles. The van der Waals surface area contributed by atoms with Crippen LogP contribution in [0.15, 0.2) is 42.5 Å². The summed E-state index contributed by atoms with van der Waals surface area (Å²) >= 11 is 6.17. The van der Waals surface area contributed by atoms with E-state index in [1.165, 1.54) is 0 Å². The normalized spacial score (nSPS) is 10.8. The number of rotatable bonds is 3. The van der Waals surface area contributed by atoms with Crippen LogP contribution in [0.3, 0.4) is 0 Å². The first-order chi connectivity index (χ1) is 10.2. The Kier molecular flexibility index (Phi) is 3.68. The summed E-state index contributed by atoms with van der Waals surface area (Å²) in [6, 6.07) is 13.6. The Morgan fingerprint density at radius 3 is 2.57 bits per heavy atom. The van der Waals surface area contributed by atoms with E-state index in [0.717, 1.165) is 22.4 Å². The molecule has 5 nitrogen and oxygen atoms in total. The van der Waals surface area contributed by atoms with Crippen LogP contribution in [0.2, 0.25) is 5.02 Å². The third-order valence-corrected chi connectivity index (χ3v) is 3.72. The maximum absolute atomic E-state index is 6.17. The van der Waals surface area contributed by atoms with Crippen LogP contribution in [0, 0.1) is 6.92 Å². The zero-order valence-corrected chi connectivity index (χ0v) is 12.2. The van der Waals surface area contributed by atoms with Crippen molar-refractivity contribution < 1.29 is 0 Å². The minimum atomic E-state index is 0.513. The van der Waals surface area contributed by atoms with Crippen molar-refractivity contribution in [1.82, 2.24) is 20.2 Å². The standard InChI is InChI=1S/C15H14ClN5/c1-10-2-7-13(8-14(10)16)21-15(18-19-20-21)12-5-3-11(9-17)4-6-12/h2-8H,9,17H2,1H3. The van der Waals surface area contributed by atoms with E-state index in [9.17, 15) is 0 Å². The summed E-state index contributed by atoms with van der Waals surface area (Å²) in [5.74, 6) is 0.665. The Hall–Kier alpha value is -2.24. The van der Waals surface area contributed by atoms with Gasteiger partial charge in [0.25, 0.3) is 0 Å². The van der Waals surface area contributed by atoms with E-state index in [1.807, 2.05) is 49.4 Å². The van der Waals surface area contributed by atoms with Gasteiger partial charge in [0.2, 0.25) is 0 Å². The molecule has 2 N–H and O–H groups in total. The van der Waals surface area contributed by atoms with E-state index in [2.05, 4.69) is 15.5 Å². The molecule has 2 aromatic carbocycles. The number of aromatic nitrogens is 4. The van der Waals surface area contributed by atoms with Gasteiger partial charge < -0.3 is 5.73 Å². The summed E-state index contributed by atoms with van der Waals surface area (Å²) in [6.45, 7) is 2.47. The van der Waals surface area contributed by atoms with E-state index in [0.29, 0.717) is 17.4 Å². The van der Waals surface area contributed by atoms with Crippen LogP contribution >= 0.6 is 11.6 Å². The summed E-state index contributed by atoms with van der Waals surface area (Å²) < 4.78 is 1.67. The molecule has 0 fully saturated rings. The van der Waals surface area contributed by atoms with Gasteiger partial charge in [-0.3, -0.25) is 0 Å². The largest absolute Gasteiger partial charge is 0.326 e. The zero-order valence-electron chi connectivity index (χ0n) is 11.5. The molecule has 1 aromatic heterocycles. The lowest BCUT2D eigenvalue weighted by Gasteiger charge is -2.07. The lowest BCUT2D eigenvalue weighted by molar-refractivity contribution is 0.791. The van der Waals surface area contributed by atoms with Crippen LogP contribution < -0.4 is 5.73 Å². The van der Waals surface area contributed by atoms with Crippen LogP contribution in [0.5, 0.6) is 0 Å². The third kappa shape index (κ3) is 2.66. The summed E-state index contributed by atoms with van der Waals surface area (Å²) in [5, 5.41) is 12.6. The van der Waals surface area contributed by atoms with Crippen molar-refractivity contribution in [3.8, 4) is 17.1 Å². The first kappa shape index (κ1) is 13.7. The van der Waals surface area contributed by atoms with Crippen molar-refractivity contribution >= 4 is 11.6 Å². The second-order valence-electron chi connectivity index (χ2n) is 4.75. The smallest absolute Gasteiger partial charge is 0.187 e. The second-order valence-corrected chi connectivity index (χ2v) is 5.16. The van der Waals surface area contributed by atoms with Crippen molar-refractivity contribution in [3.05, 3.63) is 58.6 Å². The molecule has 0 aliphatic carbocycles. The minimum Gasteiger partial charge on any atom is -0.326 e. The van der Waals surface area contributed by atoms with Gasteiger partial charge in [0.05, 0.1) is 5.69 Å². The molecule has 21 heavy (non-hydrogen) atoms. The molecule has 0 saturated carbocycles. The average molecular weight is 300 g/mol. The SMILES string of the molecule is Cc1ccc(-n2nnnc2-c2ccc(CN)cc2)cc1Cl. The van der Waals surface area contributed by atoms with Gasteiger partial charge >= 0.3 is 0 Å². The molecule has 0 unspecified atom stereocenters. The van der Waals surface area contributed by atoms with Crippen LogP contribution in [0.25, 0.3) is 17.1 Å². The van der Waals surface area contributed by atoms with E-state index >= 15 is 0 Å². The Balaban J connectivity index is 2.05. The van der Waals surface area contributed by atoms with Gasteiger partial charge in [0.1, 0.15) is 0 Å². The van der Waals surface area contributed by atoms with Crippen molar-refractivity contribution in [2.24, 2.45) is 5.73 Å². The van der Waals surface area contributed by atoms with Crippen molar-refractivity contribution in [3.63, 3.8) is 0 Å². The van der Waals surface area contributed by atoms with Crippen molar-refractivity contribution in [1.29, 1.82) is 0 Å². The molecule has 6 heteroatoms. The number of nitrogens with two attached hydrogens (primary N) is 1. The summed E-state index contributed by atoms with van der Waals surface area (Å²) in [6.07, 6.45) is 0. The molecule has 0 atom stereocenters. The lowest BCUT2D eigenvalue weighted by atomic mass is 10.1. The molecular formula is C15H14ClN5. The van der Waals surface area contributed by atoms with Crippen molar-refractivity contribution in [2.75, 3.05) is 0 Å². The molecule has 0 spiro atoms. The maximum Gasteiger partial charge on any atom is 0.187 e. The maximum atomic E-state index is 6.17. The molecule has 0 saturated heterocycles. The van der Waals surface area contributed by atoms with Gasteiger partial charge in [-0.25, -0.2) is 0 Å². The Morgan fingerprint density at radius 1 is 1.14 bits per heavy atom. The number of hydrogen-bond donors (Lipinski definition) is 1. The number of halogens is 1. The molecule has 3 aromatic rings. The molecule has 106 valence electrons. The number of hydrogen-bond acceptors (Lipinski definition) is 4. The number of nitrogens with zero attached hydrogens (tertiary/aromatic N) is 4. The first-order valence-corrected chi connectivity index (χ1v) is 6.91. The Bertz CT molecular complexity index is 764. The summed E-state index contributed by atoms with van der Waals surface area (Å²) in [5.41, 5.74) is 9.44. The zero-order chi connectivity index (χ0) is 14.8. The molecule has 1 heterocycles. The Morgan fingerprint density at radius 2 is 1.90 bits per heavy atom. The highest BCUT2D eigenvalue weighted by molar-refractivity contribution is 6.31. The van der Waals surface area contributed by atoms with E-state index in [4.69, 9.17) is 17.3 Å². The Labute approximate surface area is 127 Å². The van der Waals surface area contributed by atoms with Gasteiger partial charge in [0, 0.05) is 17.1 Å². The highest BCUT2D eigenvalue weighted by atomic mass is 35.5. The fourth-order valence-electron chi connectivity index (χ4n) is 2.04. The number of benzene rings is 2. The third-order valence-electron chi connectivity index (χ3n) is 3.32. The molecule has 3 rings (SSSR count). The van der Waals surface area contributed by atoms with Gasteiger partial charge in [-0.15, -0.1) is 5.10 Å². The highest BCUT2D eigenvalue weighted by Crippen LogP contribution is 2.23. The fraction of sp³-hybridized carbons (Fsp3) is 0.133. The predicted molar refractivity (Wildman–Crippen MR) is 82.2 cm³/mol. The molecule has 0 aliphatic rings. The van der Waals surface area contributed by atoms with Gasteiger partial charge in [-0.2, -0.15) is 4.68 Å². The average Bonchev–Trinajstić information content (AvgIpc) is 2.99. The summed E-state index contributed by atoms with van der Waals surface area (Å²) in [7, 11) is 0. The van der Waals surface area contributed by atoms with Crippen molar-refractivity contribution in [2.45, 2.75) is 13.5 Å². The number of aryl methyl sites for hydroxylation is 1. The monoisotopic (exact) mass is 299 g/mol. The van der Waals surface area contributed by atoms with Gasteiger partial charge in [-0.05, 0) is 40.6 Å². The van der Waals surface area contributed by atoms with E-state index < -0.39 is 0 Å². The fourth-order valence-corrected chi connectivity index (χ4v) is 2.22. The minimum absolute atomic E-state index is 0.513.